The Labute approximate surface area is 197 Å². The SMILES string of the molecule is COc1ccc(/C=N\NC(=O)c2cc(-c3ccccc3OCc3ccccc3)n[nH]2)cc1OC. The number of aromatic nitrogens is 2. The van der Waals surface area contributed by atoms with Crippen molar-refractivity contribution in [2.75, 3.05) is 14.2 Å². The number of aromatic amines is 1. The first-order chi connectivity index (χ1) is 16.7. The lowest BCUT2D eigenvalue weighted by atomic mass is 10.1. The van der Waals surface area contributed by atoms with Crippen molar-refractivity contribution in [3.8, 4) is 28.5 Å². The Hall–Kier alpha value is -4.59. The molecule has 8 heteroatoms. The van der Waals surface area contributed by atoms with Crippen LogP contribution in [-0.2, 0) is 6.61 Å². The molecule has 172 valence electrons. The van der Waals surface area contributed by atoms with Crippen LogP contribution >= 0.6 is 0 Å². The highest BCUT2D eigenvalue weighted by Crippen LogP contribution is 2.29. The highest BCUT2D eigenvalue weighted by Gasteiger charge is 2.14. The van der Waals surface area contributed by atoms with E-state index in [9.17, 15) is 4.79 Å². The van der Waals surface area contributed by atoms with Crippen LogP contribution in [0.25, 0.3) is 11.3 Å². The summed E-state index contributed by atoms with van der Waals surface area (Å²) in [4.78, 5) is 12.5. The Bertz CT molecular complexity index is 1280. The summed E-state index contributed by atoms with van der Waals surface area (Å²) in [5.41, 5.74) is 5.95. The minimum absolute atomic E-state index is 0.275. The van der Waals surface area contributed by atoms with E-state index in [4.69, 9.17) is 14.2 Å². The molecule has 0 bridgehead atoms. The highest BCUT2D eigenvalue weighted by atomic mass is 16.5. The van der Waals surface area contributed by atoms with Crippen molar-refractivity contribution in [2.45, 2.75) is 6.61 Å². The monoisotopic (exact) mass is 456 g/mol. The van der Waals surface area contributed by atoms with E-state index < -0.39 is 5.91 Å². The summed E-state index contributed by atoms with van der Waals surface area (Å²) in [6, 6.07) is 24.5. The Kier molecular flexibility index (Phi) is 7.19. The van der Waals surface area contributed by atoms with E-state index in [1.807, 2.05) is 54.6 Å². The van der Waals surface area contributed by atoms with Crippen molar-refractivity contribution < 1.29 is 19.0 Å². The standard InChI is InChI=1S/C26H24N4O4/c1-32-24-13-12-19(14-25(24)33-2)16-27-30-26(31)22-15-21(28-29-22)20-10-6-7-11-23(20)34-17-18-8-4-3-5-9-18/h3-16H,17H2,1-2H3,(H,28,29)(H,30,31)/b27-16-. The number of hydrogen-bond acceptors (Lipinski definition) is 6. The summed E-state index contributed by atoms with van der Waals surface area (Å²) in [6.45, 7) is 0.431. The van der Waals surface area contributed by atoms with E-state index >= 15 is 0 Å². The predicted octanol–water partition coefficient (Wildman–Crippen LogP) is 4.44. The number of H-pyrrole nitrogens is 1. The molecule has 8 nitrogen and oxygen atoms in total. The number of carbonyl (C=O) groups is 1. The van der Waals surface area contributed by atoms with Gasteiger partial charge in [-0.2, -0.15) is 10.2 Å². The summed E-state index contributed by atoms with van der Waals surface area (Å²) < 4.78 is 16.5. The van der Waals surface area contributed by atoms with E-state index in [0.717, 1.165) is 16.7 Å². The van der Waals surface area contributed by atoms with Crippen LogP contribution in [0.1, 0.15) is 21.6 Å². The van der Waals surface area contributed by atoms with Crippen LogP contribution in [-0.4, -0.2) is 36.5 Å². The average molecular weight is 457 g/mol. The first-order valence-corrected chi connectivity index (χ1v) is 10.5. The van der Waals surface area contributed by atoms with Gasteiger partial charge in [0, 0.05) is 5.56 Å². The van der Waals surface area contributed by atoms with Gasteiger partial charge in [-0.15, -0.1) is 0 Å². The molecule has 0 spiro atoms. The highest BCUT2D eigenvalue weighted by molar-refractivity contribution is 5.94. The zero-order chi connectivity index (χ0) is 23.8. The Morgan fingerprint density at radius 3 is 2.50 bits per heavy atom. The topological polar surface area (TPSA) is 97.8 Å². The average Bonchev–Trinajstić information content (AvgIpc) is 3.38. The van der Waals surface area contributed by atoms with Gasteiger partial charge in [0.15, 0.2) is 11.5 Å². The second-order valence-electron chi connectivity index (χ2n) is 7.25. The van der Waals surface area contributed by atoms with E-state index in [2.05, 4.69) is 20.7 Å². The molecule has 34 heavy (non-hydrogen) atoms. The van der Waals surface area contributed by atoms with Crippen molar-refractivity contribution in [3.05, 3.63) is 95.7 Å². The normalized spacial score (nSPS) is 10.8. The van der Waals surface area contributed by atoms with Crippen LogP contribution in [0.2, 0.25) is 0 Å². The Morgan fingerprint density at radius 2 is 1.71 bits per heavy atom. The molecule has 0 saturated carbocycles. The van der Waals surface area contributed by atoms with Crippen LogP contribution in [0.3, 0.4) is 0 Å². The molecule has 0 unspecified atom stereocenters. The van der Waals surface area contributed by atoms with Crippen LogP contribution in [0.4, 0.5) is 0 Å². The third-order valence-corrected chi connectivity index (χ3v) is 5.01. The molecule has 0 aliphatic carbocycles. The van der Waals surface area contributed by atoms with Crippen LogP contribution in [0, 0.1) is 0 Å². The minimum atomic E-state index is -0.418. The van der Waals surface area contributed by atoms with Gasteiger partial charge in [0.25, 0.3) is 5.91 Å². The number of hydrazone groups is 1. The number of nitrogens with zero attached hydrogens (tertiary/aromatic N) is 2. The molecule has 0 aliphatic heterocycles. The molecule has 0 saturated heterocycles. The zero-order valence-electron chi connectivity index (χ0n) is 18.8. The molecule has 1 amide bonds. The van der Waals surface area contributed by atoms with Gasteiger partial charge in [0.05, 0.1) is 26.1 Å². The van der Waals surface area contributed by atoms with Crippen molar-refractivity contribution in [1.29, 1.82) is 0 Å². The second kappa shape index (κ2) is 10.8. The number of amides is 1. The van der Waals surface area contributed by atoms with Gasteiger partial charge < -0.3 is 14.2 Å². The molecule has 4 aromatic rings. The van der Waals surface area contributed by atoms with Crippen molar-refractivity contribution in [3.63, 3.8) is 0 Å². The fraction of sp³-hybridized carbons (Fsp3) is 0.115. The van der Waals surface area contributed by atoms with E-state index in [1.165, 1.54) is 6.21 Å². The summed E-state index contributed by atoms with van der Waals surface area (Å²) in [5.74, 6) is 1.44. The van der Waals surface area contributed by atoms with Gasteiger partial charge in [0.1, 0.15) is 18.1 Å². The first-order valence-electron chi connectivity index (χ1n) is 10.5. The molecule has 0 fully saturated rings. The summed E-state index contributed by atoms with van der Waals surface area (Å²) in [7, 11) is 3.12. The molecule has 1 heterocycles. The molecule has 0 atom stereocenters. The van der Waals surface area contributed by atoms with Gasteiger partial charge in [-0.25, -0.2) is 5.43 Å². The van der Waals surface area contributed by atoms with E-state index in [0.29, 0.717) is 29.5 Å². The fourth-order valence-corrected chi connectivity index (χ4v) is 3.27. The maximum atomic E-state index is 12.5. The number of methoxy groups -OCH3 is 2. The van der Waals surface area contributed by atoms with E-state index in [1.54, 1.807) is 38.5 Å². The predicted molar refractivity (Wildman–Crippen MR) is 129 cm³/mol. The third kappa shape index (κ3) is 5.42. The zero-order valence-corrected chi connectivity index (χ0v) is 18.8. The van der Waals surface area contributed by atoms with Crippen LogP contribution in [0.15, 0.2) is 84.0 Å². The summed E-state index contributed by atoms with van der Waals surface area (Å²) >= 11 is 0. The number of hydrogen-bond donors (Lipinski definition) is 2. The number of rotatable bonds is 9. The van der Waals surface area contributed by atoms with Crippen LogP contribution in [0.5, 0.6) is 17.2 Å². The molecule has 1 aromatic heterocycles. The second-order valence-corrected chi connectivity index (χ2v) is 7.25. The number of benzene rings is 3. The summed E-state index contributed by atoms with van der Waals surface area (Å²) in [5, 5.41) is 11.1. The van der Waals surface area contributed by atoms with Crippen molar-refractivity contribution in [1.82, 2.24) is 15.6 Å². The third-order valence-electron chi connectivity index (χ3n) is 5.01. The Morgan fingerprint density at radius 1 is 0.941 bits per heavy atom. The molecular formula is C26H24N4O4. The minimum Gasteiger partial charge on any atom is -0.493 e. The van der Waals surface area contributed by atoms with Crippen molar-refractivity contribution >= 4 is 12.1 Å². The van der Waals surface area contributed by atoms with Gasteiger partial charge >= 0.3 is 0 Å². The first kappa shape index (κ1) is 22.6. The summed E-state index contributed by atoms with van der Waals surface area (Å²) in [6.07, 6.45) is 1.52. The smallest absolute Gasteiger partial charge is 0.289 e. The van der Waals surface area contributed by atoms with Gasteiger partial charge in [-0.1, -0.05) is 42.5 Å². The van der Waals surface area contributed by atoms with Gasteiger partial charge in [-0.3, -0.25) is 9.89 Å². The maximum absolute atomic E-state index is 12.5. The molecule has 0 radical (unpaired) electrons. The fourth-order valence-electron chi connectivity index (χ4n) is 3.27. The molecular weight excluding hydrogens is 432 g/mol. The largest absolute Gasteiger partial charge is 0.493 e. The van der Waals surface area contributed by atoms with Gasteiger partial charge in [-0.05, 0) is 47.5 Å². The molecule has 3 aromatic carbocycles. The van der Waals surface area contributed by atoms with Gasteiger partial charge in [0.2, 0.25) is 0 Å². The maximum Gasteiger partial charge on any atom is 0.289 e. The van der Waals surface area contributed by atoms with E-state index in [-0.39, 0.29) is 5.69 Å². The molecule has 2 N–H and O–H groups in total. The lowest BCUT2D eigenvalue weighted by molar-refractivity contribution is 0.0950. The van der Waals surface area contributed by atoms with Crippen molar-refractivity contribution in [2.24, 2.45) is 5.10 Å². The number of ether oxygens (including phenoxy) is 3. The number of nitrogens with one attached hydrogen (secondary N) is 2. The lowest BCUT2D eigenvalue weighted by Gasteiger charge is -2.10. The quantitative estimate of drug-likeness (QED) is 0.287. The molecule has 4 rings (SSSR count). The lowest BCUT2D eigenvalue weighted by Crippen LogP contribution is -2.18. The number of carbonyl (C=O) groups excluding carboxylic acids is 1. The van der Waals surface area contributed by atoms with Crippen LogP contribution < -0.4 is 19.6 Å². The Balaban J connectivity index is 1.42. The number of para-hydroxylation sites is 1. The molecule has 0 aliphatic rings.